The third kappa shape index (κ3) is 5.40. The number of sulfonamides is 1. The Kier molecular flexibility index (Phi) is 6.26. The van der Waals surface area contributed by atoms with Crippen molar-refractivity contribution in [3.63, 3.8) is 0 Å². The van der Waals surface area contributed by atoms with E-state index in [2.05, 4.69) is 4.74 Å². The zero-order chi connectivity index (χ0) is 18.3. The molecule has 0 aliphatic carbocycles. The second kappa shape index (κ2) is 8.41. The van der Waals surface area contributed by atoms with E-state index in [-0.39, 0.29) is 11.4 Å². The van der Waals surface area contributed by atoms with Gasteiger partial charge in [0, 0.05) is 6.54 Å². The molecule has 1 amide bonds. The molecule has 0 aliphatic heterocycles. The number of carbonyl (C=O) groups excluding carboxylic acids is 2. The summed E-state index contributed by atoms with van der Waals surface area (Å²) in [4.78, 5) is 22.7. The van der Waals surface area contributed by atoms with Crippen molar-refractivity contribution in [2.24, 2.45) is 5.73 Å². The van der Waals surface area contributed by atoms with Gasteiger partial charge in [-0.1, -0.05) is 48.5 Å². The number of amides is 1. The highest BCUT2D eigenvalue weighted by Crippen LogP contribution is 2.18. The number of rotatable bonds is 8. The zero-order valence-corrected chi connectivity index (χ0v) is 14.2. The van der Waals surface area contributed by atoms with Gasteiger partial charge >= 0.3 is 5.97 Å². The molecule has 132 valence electrons. The molecule has 2 aromatic rings. The Morgan fingerprint density at radius 2 is 1.52 bits per heavy atom. The molecule has 0 saturated heterocycles. The lowest BCUT2D eigenvalue weighted by Gasteiger charge is -2.21. The smallest absolute Gasteiger partial charge is 0.321 e. The van der Waals surface area contributed by atoms with Gasteiger partial charge in [0.25, 0.3) is 5.91 Å². The number of nitrogens with zero attached hydrogens (tertiary/aromatic N) is 1. The van der Waals surface area contributed by atoms with Crippen LogP contribution in [0, 0.1) is 0 Å². The molecule has 2 rings (SSSR count). The van der Waals surface area contributed by atoms with Crippen LogP contribution in [0.2, 0.25) is 0 Å². The van der Waals surface area contributed by atoms with E-state index in [1.54, 1.807) is 48.5 Å². The number of nitrogens with two attached hydrogens (primary N) is 1. The van der Waals surface area contributed by atoms with Crippen LogP contribution in [0.1, 0.15) is 5.56 Å². The Labute approximate surface area is 146 Å². The van der Waals surface area contributed by atoms with Gasteiger partial charge in [-0.2, -0.15) is 4.31 Å². The molecule has 0 bridgehead atoms. The van der Waals surface area contributed by atoms with Crippen LogP contribution < -0.4 is 5.73 Å². The molecule has 0 saturated carbocycles. The molecule has 0 spiro atoms. The van der Waals surface area contributed by atoms with Crippen LogP contribution in [0.25, 0.3) is 0 Å². The van der Waals surface area contributed by atoms with Crippen LogP contribution in [0.3, 0.4) is 0 Å². The van der Waals surface area contributed by atoms with Crippen LogP contribution >= 0.6 is 0 Å². The lowest BCUT2D eigenvalue weighted by atomic mass is 10.2. The molecule has 8 heteroatoms. The molecular weight excluding hydrogens is 344 g/mol. The van der Waals surface area contributed by atoms with Crippen molar-refractivity contribution in [1.82, 2.24) is 4.31 Å². The summed E-state index contributed by atoms with van der Waals surface area (Å²) < 4.78 is 31.4. The van der Waals surface area contributed by atoms with E-state index in [0.717, 1.165) is 4.31 Å². The molecule has 7 nitrogen and oxygen atoms in total. The minimum atomic E-state index is -3.92. The van der Waals surface area contributed by atoms with Crippen LogP contribution in [0.4, 0.5) is 0 Å². The lowest BCUT2D eigenvalue weighted by Crippen LogP contribution is -2.37. The average molecular weight is 362 g/mol. The maximum atomic E-state index is 12.8. The van der Waals surface area contributed by atoms with Gasteiger partial charge in [-0.25, -0.2) is 8.42 Å². The first kappa shape index (κ1) is 18.6. The Hall–Kier alpha value is -2.71. The predicted octanol–water partition coefficient (Wildman–Crippen LogP) is 0.906. The average Bonchev–Trinajstić information content (AvgIpc) is 2.61. The van der Waals surface area contributed by atoms with Gasteiger partial charge in [-0.05, 0) is 17.7 Å². The fourth-order valence-corrected chi connectivity index (χ4v) is 3.49. The van der Waals surface area contributed by atoms with Crippen molar-refractivity contribution >= 4 is 21.9 Å². The number of hydrogen-bond acceptors (Lipinski definition) is 5. The second-order valence-corrected chi connectivity index (χ2v) is 7.14. The van der Waals surface area contributed by atoms with Crippen molar-refractivity contribution in [1.29, 1.82) is 0 Å². The zero-order valence-electron chi connectivity index (χ0n) is 13.4. The third-order valence-electron chi connectivity index (χ3n) is 3.26. The molecule has 0 unspecified atom stereocenters. The van der Waals surface area contributed by atoms with Gasteiger partial charge in [0.2, 0.25) is 10.0 Å². The van der Waals surface area contributed by atoms with E-state index >= 15 is 0 Å². The number of carbonyl (C=O) groups is 2. The largest absolute Gasteiger partial charge is 0.455 e. The normalized spacial score (nSPS) is 11.2. The highest BCUT2D eigenvalue weighted by molar-refractivity contribution is 7.89. The fraction of sp³-hybridized carbons (Fsp3) is 0.176. The molecule has 25 heavy (non-hydrogen) atoms. The topological polar surface area (TPSA) is 107 Å². The first-order chi connectivity index (χ1) is 11.9. The van der Waals surface area contributed by atoms with Crippen molar-refractivity contribution in [3.8, 4) is 0 Å². The van der Waals surface area contributed by atoms with E-state index in [9.17, 15) is 18.0 Å². The molecular formula is C17H18N2O5S. The number of esters is 1. The lowest BCUT2D eigenvalue weighted by molar-refractivity contribution is -0.147. The maximum Gasteiger partial charge on any atom is 0.321 e. The van der Waals surface area contributed by atoms with Gasteiger partial charge in [-0.15, -0.1) is 0 Å². The molecule has 0 aromatic heterocycles. The summed E-state index contributed by atoms with van der Waals surface area (Å²) in [5.74, 6) is -1.66. The SMILES string of the molecule is NC(=O)COC(=O)CN(Cc1ccccc1)S(=O)(=O)c1ccccc1. The molecule has 0 heterocycles. The van der Waals surface area contributed by atoms with Gasteiger partial charge < -0.3 is 10.5 Å². The molecule has 0 radical (unpaired) electrons. The number of benzene rings is 2. The summed E-state index contributed by atoms with van der Waals surface area (Å²) >= 11 is 0. The Morgan fingerprint density at radius 3 is 2.08 bits per heavy atom. The summed E-state index contributed by atoms with van der Waals surface area (Å²) in [5, 5.41) is 0. The minimum Gasteiger partial charge on any atom is -0.455 e. The summed E-state index contributed by atoms with van der Waals surface area (Å²) in [5.41, 5.74) is 5.64. The quantitative estimate of drug-likeness (QED) is 0.702. The standard InChI is InChI=1S/C17H18N2O5S/c18-16(20)13-24-17(21)12-19(11-14-7-3-1-4-8-14)25(22,23)15-9-5-2-6-10-15/h1-10H,11-13H2,(H2,18,20). The Balaban J connectivity index is 2.25. The molecule has 2 aromatic carbocycles. The van der Waals surface area contributed by atoms with Gasteiger partial charge in [0.1, 0.15) is 6.54 Å². The number of ether oxygens (including phenoxy) is 1. The highest BCUT2D eigenvalue weighted by atomic mass is 32.2. The fourth-order valence-electron chi connectivity index (χ4n) is 2.10. The summed E-state index contributed by atoms with van der Waals surface area (Å²) in [6, 6.07) is 16.6. The van der Waals surface area contributed by atoms with E-state index in [1.165, 1.54) is 12.1 Å². The van der Waals surface area contributed by atoms with E-state index in [0.29, 0.717) is 5.56 Å². The van der Waals surface area contributed by atoms with E-state index in [1.807, 2.05) is 0 Å². The van der Waals surface area contributed by atoms with Gasteiger partial charge in [-0.3, -0.25) is 9.59 Å². The van der Waals surface area contributed by atoms with Crippen molar-refractivity contribution < 1.29 is 22.7 Å². The van der Waals surface area contributed by atoms with Crippen LogP contribution in [0.15, 0.2) is 65.6 Å². The first-order valence-corrected chi connectivity index (χ1v) is 8.86. The van der Waals surface area contributed by atoms with Gasteiger partial charge in [0.05, 0.1) is 4.90 Å². The first-order valence-electron chi connectivity index (χ1n) is 7.42. The molecule has 0 fully saturated rings. The monoisotopic (exact) mass is 362 g/mol. The van der Waals surface area contributed by atoms with Crippen LogP contribution in [-0.4, -0.2) is 37.8 Å². The van der Waals surface area contributed by atoms with Crippen molar-refractivity contribution in [2.75, 3.05) is 13.2 Å². The molecule has 0 atom stereocenters. The Bertz CT molecular complexity index is 823. The second-order valence-electron chi connectivity index (χ2n) is 5.20. The predicted molar refractivity (Wildman–Crippen MR) is 90.6 cm³/mol. The van der Waals surface area contributed by atoms with E-state index < -0.39 is 35.1 Å². The Morgan fingerprint density at radius 1 is 0.960 bits per heavy atom. The van der Waals surface area contributed by atoms with Crippen molar-refractivity contribution in [2.45, 2.75) is 11.4 Å². The molecule has 0 aliphatic rings. The van der Waals surface area contributed by atoms with Crippen molar-refractivity contribution in [3.05, 3.63) is 66.2 Å². The van der Waals surface area contributed by atoms with Crippen LogP contribution in [-0.2, 0) is 30.9 Å². The van der Waals surface area contributed by atoms with Crippen LogP contribution in [0.5, 0.6) is 0 Å². The summed E-state index contributed by atoms with van der Waals surface area (Å²) in [6.45, 7) is -1.13. The third-order valence-corrected chi connectivity index (χ3v) is 5.07. The highest BCUT2D eigenvalue weighted by Gasteiger charge is 2.27. The minimum absolute atomic E-state index is 0.0102. The summed E-state index contributed by atoms with van der Waals surface area (Å²) in [6.07, 6.45) is 0. The van der Waals surface area contributed by atoms with E-state index in [4.69, 9.17) is 5.73 Å². The molecule has 2 N–H and O–H groups in total. The number of hydrogen-bond donors (Lipinski definition) is 1. The summed E-state index contributed by atoms with van der Waals surface area (Å²) in [7, 11) is -3.92. The maximum absolute atomic E-state index is 12.8. The number of primary amides is 1. The van der Waals surface area contributed by atoms with Gasteiger partial charge in [0.15, 0.2) is 6.61 Å².